The van der Waals surface area contributed by atoms with Crippen LogP contribution in [0.2, 0.25) is 0 Å². The number of carboxylic acid groups (broad SMARTS) is 1. The zero-order valence-corrected chi connectivity index (χ0v) is 18.6. The van der Waals surface area contributed by atoms with Gasteiger partial charge in [-0.05, 0) is 56.9 Å². The van der Waals surface area contributed by atoms with Gasteiger partial charge < -0.3 is 24.5 Å². The van der Waals surface area contributed by atoms with E-state index in [-0.39, 0.29) is 18.7 Å². The van der Waals surface area contributed by atoms with E-state index in [4.69, 9.17) is 19.2 Å². The normalized spacial score (nSPS) is 17.1. The van der Waals surface area contributed by atoms with Crippen LogP contribution in [0.15, 0.2) is 54.1 Å². The van der Waals surface area contributed by atoms with E-state index in [2.05, 4.69) is 10.3 Å². The van der Waals surface area contributed by atoms with Crippen molar-refractivity contribution in [2.24, 2.45) is 0 Å². The van der Waals surface area contributed by atoms with Gasteiger partial charge in [0.15, 0.2) is 0 Å². The first-order chi connectivity index (χ1) is 15.1. The maximum atomic E-state index is 12.2. The van der Waals surface area contributed by atoms with Crippen molar-refractivity contribution in [1.82, 2.24) is 10.3 Å². The number of aromatic nitrogens is 1. The topological polar surface area (TPSA) is 107 Å². The molecule has 168 valence electrons. The molecule has 0 aliphatic carbocycles. The van der Waals surface area contributed by atoms with Crippen molar-refractivity contribution < 1.29 is 28.7 Å². The van der Waals surface area contributed by atoms with Gasteiger partial charge in [0.25, 0.3) is 0 Å². The number of hydrogen-bond acceptors (Lipinski definition) is 6. The minimum atomic E-state index is -1.05. The standard InChI is InChI=1S/C23H27BN2O6/c1-22(2)23(3,4)32-24(31-22)18(12-19-11-10-17(13-25-19)20(27)28)14-26-21(29)30-15-16-8-6-5-7-9-16/h5-13H,14-15H2,1-4H3,(H,26,29)(H,27,28). The Morgan fingerprint density at radius 1 is 1.09 bits per heavy atom. The Morgan fingerprint density at radius 2 is 1.75 bits per heavy atom. The highest BCUT2D eigenvalue weighted by Crippen LogP contribution is 2.38. The molecule has 32 heavy (non-hydrogen) atoms. The zero-order chi connectivity index (χ0) is 23.4. The molecular formula is C23H27BN2O6. The van der Waals surface area contributed by atoms with Crippen molar-refractivity contribution >= 4 is 25.3 Å². The summed E-state index contributed by atoms with van der Waals surface area (Å²) in [6, 6.07) is 12.4. The highest BCUT2D eigenvalue weighted by molar-refractivity contribution is 6.56. The SMILES string of the molecule is CC1(C)OB(C(=Cc2ccc(C(=O)O)cn2)CNC(=O)OCc2ccccc2)OC1(C)C. The predicted octanol–water partition coefficient (Wildman–Crippen LogP) is 3.72. The molecule has 1 aliphatic heterocycles. The second-order valence-electron chi connectivity index (χ2n) is 8.50. The lowest BCUT2D eigenvalue weighted by Gasteiger charge is -2.32. The van der Waals surface area contributed by atoms with E-state index < -0.39 is 30.4 Å². The van der Waals surface area contributed by atoms with Crippen LogP contribution in [0.25, 0.3) is 6.08 Å². The summed E-state index contributed by atoms with van der Waals surface area (Å²) in [7, 11) is -0.713. The molecule has 2 heterocycles. The Hall–Kier alpha value is -3.17. The van der Waals surface area contributed by atoms with Crippen LogP contribution < -0.4 is 5.32 Å². The molecule has 0 atom stereocenters. The van der Waals surface area contributed by atoms with Crippen LogP contribution in [-0.4, -0.2) is 47.0 Å². The molecule has 0 spiro atoms. The molecule has 2 aromatic rings. The Bertz CT molecular complexity index is 973. The molecule has 1 amide bonds. The van der Waals surface area contributed by atoms with Gasteiger partial charge in [0, 0.05) is 12.7 Å². The Balaban J connectivity index is 1.73. The van der Waals surface area contributed by atoms with Crippen LogP contribution in [-0.2, 0) is 20.7 Å². The van der Waals surface area contributed by atoms with Crippen molar-refractivity contribution in [3.05, 3.63) is 71.0 Å². The molecule has 8 nitrogen and oxygen atoms in total. The van der Waals surface area contributed by atoms with E-state index in [9.17, 15) is 9.59 Å². The fourth-order valence-corrected chi connectivity index (χ4v) is 2.95. The van der Waals surface area contributed by atoms with Crippen molar-refractivity contribution in [3.8, 4) is 0 Å². The number of nitrogens with zero attached hydrogens (tertiary/aromatic N) is 1. The lowest BCUT2D eigenvalue weighted by molar-refractivity contribution is 0.00578. The molecule has 3 rings (SSSR count). The summed E-state index contributed by atoms with van der Waals surface area (Å²) in [5.74, 6) is -1.05. The van der Waals surface area contributed by atoms with Gasteiger partial charge in [-0.1, -0.05) is 30.3 Å². The lowest BCUT2D eigenvalue weighted by Crippen LogP contribution is -2.41. The van der Waals surface area contributed by atoms with E-state index in [1.807, 2.05) is 58.0 Å². The first-order valence-electron chi connectivity index (χ1n) is 10.3. The van der Waals surface area contributed by atoms with Crippen LogP contribution >= 0.6 is 0 Å². The fraction of sp³-hybridized carbons (Fsp3) is 0.348. The highest BCUT2D eigenvalue weighted by Gasteiger charge is 2.52. The molecular weight excluding hydrogens is 411 g/mol. The van der Waals surface area contributed by atoms with E-state index in [0.29, 0.717) is 11.2 Å². The minimum absolute atomic E-state index is 0.0851. The smallest absolute Gasteiger partial charge is 0.478 e. The van der Waals surface area contributed by atoms with Gasteiger partial charge in [-0.25, -0.2) is 9.59 Å². The number of pyridine rings is 1. The van der Waals surface area contributed by atoms with Crippen LogP contribution in [0.4, 0.5) is 4.79 Å². The zero-order valence-electron chi connectivity index (χ0n) is 18.6. The van der Waals surface area contributed by atoms with Gasteiger partial charge in [-0.2, -0.15) is 0 Å². The number of hydrogen-bond donors (Lipinski definition) is 2. The summed E-state index contributed by atoms with van der Waals surface area (Å²) in [6.07, 6.45) is 2.41. The molecule has 1 aromatic heterocycles. The number of rotatable bonds is 7. The van der Waals surface area contributed by atoms with E-state index in [1.54, 1.807) is 12.1 Å². The molecule has 1 saturated heterocycles. The summed E-state index contributed by atoms with van der Waals surface area (Å²) < 4.78 is 17.5. The van der Waals surface area contributed by atoms with Crippen molar-refractivity contribution in [1.29, 1.82) is 0 Å². The molecule has 0 saturated carbocycles. The maximum Gasteiger partial charge on any atom is 0.492 e. The van der Waals surface area contributed by atoms with E-state index >= 15 is 0 Å². The number of benzene rings is 1. The van der Waals surface area contributed by atoms with Crippen LogP contribution in [0.5, 0.6) is 0 Å². The fourth-order valence-electron chi connectivity index (χ4n) is 2.95. The lowest BCUT2D eigenvalue weighted by atomic mass is 9.77. The Labute approximate surface area is 187 Å². The molecule has 1 aliphatic rings. The van der Waals surface area contributed by atoms with Gasteiger partial charge in [0.1, 0.15) is 6.61 Å². The van der Waals surface area contributed by atoms with E-state index in [1.165, 1.54) is 12.3 Å². The average Bonchev–Trinajstić information content (AvgIpc) is 2.97. The summed E-state index contributed by atoms with van der Waals surface area (Å²) in [6.45, 7) is 8.00. The quantitative estimate of drug-likeness (QED) is 0.635. The van der Waals surface area contributed by atoms with Crippen molar-refractivity contribution in [3.63, 3.8) is 0 Å². The number of amides is 1. The van der Waals surface area contributed by atoms with Crippen molar-refractivity contribution in [2.45, 2.75) is 45.5 Å². The van der Waals surface area contributed by atoms with Gasteiger partial charge in [-0.3, -0.25) is 4.98 Å². The molecule has 1 aromatic carbocycles. The maximum absolute atomic E-state index is 12.2. The monoisotopic (exact) mass is 438 g/mol. The number of carbonyl (C=O) groups is 2. The van der Waals surface area contributed by atoms with Gasteiger partial charge in [-0.15, -0.1) is 0 Å². The van der Waals surface area contributed by atoms with Crippen LogP contribution in [0, 0.1) is 0 Å². The molecule has 9 heteroatoms. The first kappa shape index (κ1) is 23.5. The molecule has 0 bridgehead atoms. The highest BCUT2D eigenvalue weighted by atomic mass is 16.7. The van der Waals surface area contributed by atoms with Crippen molar-refractivity contribution in [2.75, 3.05) is 6.54 Å². The van der Waals surface area contributed by atoms with Gasteiger partial charge in [0.2, 0.25) is 0 Å². The molecule has 0 unspecified atom stereocenters. The second-order valence-corrected chi connectivity index (χ2v) is 8.50. The number of carbonyl (C=O) groups excluding carboxylic acids is 1. The van der Waals surface area contributed by atoms with Gasteiger partial charge >= 0.3 is 19.2 Å². The number of carboxylic acids is 1. The number of nitrogens with one attached hydrogen (secondary N) is 1. The summed E-state index contributed by atoms with van der Waals surface area (Å²) in [5.41, 5.74) is 0.972. The second kappa shape index (κ2) is 9.54. The number of ether oxygens (including phenoxy) is 1. The average molecular weight is 438 g/mol. The third-order valence-corrected chi connectivity index (χ3v) is 5.57. The summed E-state index contributed by atoms with van der Waals surface area (Å²) in [5, 5.41) is 11.8. The number of aromatic carboxylic acids is 1. The molecule has 0 radical (unpaired) electrons. The minimum Gasteiger partial charge on any atom is -0.478 e. The first-order valence-corrected chi connectivity index (χ1v) is 10.3. The third kappa shape index (κ3) is 5.75. The largest absolute Gasteiger partial charge is 0.492 e. The van der Waals surface area contributed by atoms with E-state index in [0.717, 1.165) is 5.56 Å². The summed E-state index contributed by atoms with van der Waals surface area (Å²) >= 11 is 0. The third-order valence-electron chi connectivity index (χ3n) is 5.57. The predicted molar refractivity (Wildman–Crippen MR) is 120 cm³/mol. The molecule has 1 fully saturated rings. The van der Waals surface area contributed by atoms with Gasteiger partial charge in [0.05, 0.1) is 22.5 Å². The van der Waals surface area contributed by atoms with Crippen LogP contribution in [0.1, 0.15) is 49.3 Å². The Morgan fingerprint density at radius 3 is 2.31 bits per heavy atom. The summed E-state index contributed by atoms with van der Waals surface area (Å²) in [4.78, 5) is 27.5. The number of alkyl carbamates (subject to hydrolysis) is 1. The van der Waals surface area contributed by atoms with Crippen LogP contribution in [0.3, 0.4) is 0 Å². The Kier molecular flexibility index (Phi) is 7.01. The molecule has 2 N–H and O–H groups in total.